The van der Waals surface area contributed by atoms with E-state index in [1.807, 2.05) is 59.6 Å². The van der Waals surface area contributed by atoms with Crippen molar-refractivity contribution in [3.05, 3.63) is 152 Å². The number of H-pyrrole nitrogens is 4. The SMILES string of the molecule is c1cnc(N2C(c3ccon3)C(c3ncc4[nH]cnc4n3)(c3ccco3)N(c3ccc[nH]3)C2(c2ncc3[nH]cnc3n2)c2cc3ccccc3[nH]2)nc1. The number of aromatic amines is 4. The number of anilines is 2. The maximum absolute atomic E-state index is 6.53. The second-order valence-corrected chi connectivity index (χ2v) is 12.5. The molecule has 1 aromatic carbocycles. The van der Waals surface area contributed by atoms with Crippen molar-refractivity contribution >= 4 is 45.0 Å². The van der Waals surface area contributed by atoms with Crippen LogP contribution in [0.4, 0.5) is 11.8 Å². The quantitative estimate of drug-likeness (QED) is 0.170. The number of nitrogens with one attached hydrogen (secondary N) is 4. The lowest BCUT2D eigenvalue weighted by Crippen LogP contribution is -2.58. The second kappa shape index (κ2) is 10.9. The first-order chi connectivity index (χ1) is 26.3. The Kier molecular flexibility index (Phi) is 5.98. The smallest absolute Gasteiger partial charge is 0.228 e. The van der Waals surface area contributed by atoms with E-state index >= 15 is 0 Å². The number of rotatable bonds is 7. The Bertz CT molecular complexity index is 2810. The molecule has 0 bridgehead atoms. The van der Waals surface area contributed by atoms with Crippen LogP contribution >= 0.6 is 0 Å². The summed E-state index contributed by atoms with van der Waals surface area (Å²) in [6.45, 7) is 0. The summed E-state index contributed by atoms with van der Waals surface area (Å²) in [7, 11) is 0. The predicted octanol–water partition coefficient (Wildman–Crippen LogP) is 5.11. The molecule has 17 heteroatoms. The number of fused-ring (bicyclic) bond motifs is 3. The Morgan fingerprint density at radius 3 is 2.21 bits per heavy atom. The molecule has 256 valence electrons. The van der Waals surface area contributed by atoms with Gasteiger partial charge >= 0.3 is 0 Å². The summed E-state index contributed by atoms with van der Waals surface area (Å²) >= 11 is 0. The number of hydrogen-bond acceptors (Lipinski definition) is 13. The number of furan rings is 1. The van der Waals surface area contributed by atoms with E-state index < -0.39 is 17.2 Å². The zero-order valence-corrected chi connectivity index (χ0v) is 27.4. The van der Waals surface area contributed by atoms with Crippen LogP contribution in [-0.4, -0.2) is 65.0 Å². The molecule has 4 N–H and O–H groups in total. The topological polar surface area (TPSA) is 212 Å². The van der Waals surface area contributed by atoms with Crippen molar-refractivity contribution in [2.45, 2.75) is 17.2 Å². The Balaban J connectivity index is 1.40. The molecule has 10 heterocycles. The molecule has 53 heavy (non-hydrogen) atoms. The van der Waals surface area contributed by atoms with Crippen molar-refractivity contribution in [2.24, 2.45) is 0 Å². The van der Waals surface area contributed by atoms with Gasteiger partial charge in [0.25, 0.3) is 0 Å². The zero-order chi connectivity index (χ0) is 35.0. The van der Waals surface area contributed by atoms with Crippen LogP contribution < -0.4 is 9.80 Å². The fourth-order valence-corrected chi connectivity index (χ4v) is 7.80. The third-order valence-corrected chi connectivity index (χ3v) is 9.81. The number of aromatic nitrogens is 13. The Morgan fingerprint density at radius 2 is 1.49 bits per heavy atom. The first-order valence-electron chi connectivity index (χ1n) is 16.6. The second-order valence-electron chi connectivity index (χ2n) is 12.5. The largest absolute Gasteiger partial charge is 0.466 e. The van der Waals surface area contributed by atoms with Crippen molar-refractivity contribution < 1.29 is 8.94 Å². The van der Waals surface area contributed by atoms with Crippen LogP contribution in [0.15, 0.2) is 132 Å². The molecular weight excluding hydrogens is 674 g/mol. The molecule has 0 radical (unpaired) electrons. The number of para-hydroxylation sites is 1. The van der Waals surface area contributed by atoms with Gasteiger partial charge in [0.05, 0.1) is 37.0 Å². The standard InChI is InChI=1S/C36H25N15O2/c1-2-7-22-21(6-1)16-26(46-22)36(33-41-18-25-31(48-33)45-20-43-25)50(34-38-12-5-13-39-34)29(23-10-15-53-49-23)35(27-8-4-14-52-27,51(36)28-9-3-11-37-28)32-40-17-24-30(47-32)44-19-42-24/h1-20,29,37,46H,(H,40,42,44,47)(H,41,43,45,48). The van der Waals surface area contributed by atoms with Gasteiger partial charge in [0.15, 0.2) is 28.5 Å². The van der Waals surface area contributed by atoms with E-state index in [4.69, 9.17) is 38.8 Å². The van der Waals surface area contributed by atoms with Crippen molar-refractivity contribution in [1.29, 1.82) is 0 Å². The lowest BCUT2D eigenvalue weighted by molar-refractivity contribution is 0.324. The molecule has 11 rings (SSSR count). The summed E-state index contributed by atoms with van der Waals surface area (Å²) in [5, 5.41) is 5.56. The highest BCUT2D eigenvalue weighted by atomic mass is 16.5. The number of benzene rings is 1. The van der Waals surface area contributed by atoms with Crippen LogP contribution in [0.5, 0.6) is 0 Å². The van der Waals surface area contributed by atoms with Crippen LogP contribution in [0.25, 0.3) is 33.2 Å². The summed E-state index contributed by atoms with van der Waals surface area (Å²) in [4.78, 5) is 57.2. The minimum absolute atomic E-state index is 0.315. The molecule has 1 aliphatic rings. The van der Waals surface area contributed by atoms with Gasteiger partial charge in [0.1, 0.15) is 40.6 Å². The first-order valence-corrected chi connectivity index (χ1v) is 16.6. The maximum Gasteiger partial charge on any atom is 0.228 e. The minimum atomic E-state index is -1.57. The third kappa shape index (κ3) is 3.92. The van der Waals surface area contributed by atoms with E-state index in [2.05, 4.69) is 46.0 Å². The van der Waals surface area contributed by atoms with Crippen LogP contribution in [0.3, 0.4) is 0 Å². The molecular formula is C36H25N15O2. The Morgan fingerprint density at radius 1 is 0.698 bits per heavy atom. The van der Waals surface area contributed by atoms with Crippen LogP contribution in [-0.2, 0) is 11.2 Å². The Hall–Kier alpha value is -7.69. The van der Waals surface area contributed by atoms with Gasteiger partial charge in [-0.3, -0.25) is 4.90 Å². The van der Waals surface area contributed by atoms with Gasteiger partial charge in [-0.05, 0) is 47.9 Å². The van der Waals surface area contributed by atoms with E-state index in [1.165, 1.54) is 6.26 Å². The van der Waals surface area contributed by atoms with Gasteiger partial charge in [-0.1, -0.05) is 23.4 Å². The van der Waals surface area contributed by atoms with Gasteiger partial charge in [0.2, 0.25) is 11.6 Å². The molecule has 0 amide bonds. The lowest BCUT2D eigenvalue weighted by Gasteiger charge is -2.45. The summed E-state index contributed by atoms with van der Waals surface area (Å²) in [6, 6.07) is 20.4. The van der Waals surface area contributed by atoms with E-state index in [-0.39, 0.29) is 0 Å². The van der Waals surface area contributed by atoms with Crippen LogP contribution in [0.1, 0.15) is 34.8 Å². The van der Waals surface area contributed by atoms with Crippen LogP contribution in [0, 0.1) is 0 Å². The summed E-state index contributed by atoms with van der Waals surface area (Å²) in [5.74, 6) is 2.07. The zero-order valence-electron chi connectivity index (χ0n) is 27.4. The van der Waals surface area contributed by atoms with Gasteiger partial charge < -0.3 is 33.8 Å². The van der Waals surface area contributed by atoms with Gasteiger partial charge in [-0.15, -0.1) is 0 Å². The summed E-state index contributed by atoms with van der Waals surface area (Å²) in [5.41, 5.74) is 1.17. The molecule has 9 aromatic heterocycles. The molecule has 10 aromatic rings. The maximum atomic E-state index is 6.53. The van der Waals surface area contributed by atoms with Gasteiger partial charge in [0, 0.05) is 30.2 Å². The highest BCUT2D eigenvalue weighted by molar-refractivity contribution is 5.83. The lowest BCUT2D eigenvalue weighted by atomic mass is 9.83. The number of nitrogens with zero attached hydrogens (tertiary/aromatic N) is 11. The molecule has 17 nitrogen and oxygen atoms in total. The average Bonchev–Trinajstić information content (AvgIpc) is 4.05. The highest BCUT2D eigenvalue weighted by Crippen LogP contribution is 2.64. The van der Waals surface area contributed by atoms with Crippen molar-refractivity contribution in [3.63, 3.8) is 0 Å². The normalized spacial score (nSPS) is 20.3. The van der Waals surface area contributed by atoms with Crippen LogP contribution in [0.2, 0.25) is 0 Å². The van der Waals surface area contributed by atoms with Gasteiger partial charge in [-0.25, -0.2) is 39.9 Å². The van der Waals surface area contributed by atoms with Crippen molar-refractivity contribution in [1.82, 2.24) is 65.0 Å². The first kappa shape index (κ1) is 29.1. The highest BCUT2D eigenvalue weighted by Gasteiger charge is 2.74. The molecule has 1 saturated heterocycles. The molecule has 1 aliphatic heterocycles. The third-order valence-electron chi connectivity index (χ3n) is 9.81. The molecule has 0 spiro atoms. The number of hydrogen-bond donors (Lipinski definition) is 4. The predicted molar refractivity (Wildman–Crippen MR) is 189 cm³/mol. The van der Waals surface area contributed by atoms with E-state index in [0.717, 1.165) is 10.9 Å². The molecule has 3 unspecified atom stereocenters. The summed E-state index contributed by atoms with van der Waals surface area (Å²) in [6.07, 6.45) is 15.0. The van der Waals surface area contributed by atoms with E-state index in [0.29, 0.717) is 62.9 Å². The summed E-state index contributed by atoms with van der Waals surface area (Å²) < 4.78 is 12.2. The fraction of sp³-hybridized carbons (Fsp3) is 0.0833. The monoisotopic (exact) mass is 699 g/mol. The fourth-order valence-electron chi connectivity index (χ4n) is 7.80. The molecule has 0 aliphatic carbocycles. The molecule has 3 atom stereocenters. The van der Waals surface area contributed by atoms with Gasteiger partial charge in [-0.2, -0.15) is 0 Å². The van der Waals surface area contributed by atoms with Crippen molar-refractivity contribution in [2.75, 3.05) is 9.80 Å². The average molecular weight is 700 g/mol. The van der Waals surface area contributed by atoms with Crippen molar-refractivity contribution in [3.8, 4) is 0 Å². The van der Waals surface area contributed by atoms with E-state index in [1.54, 1.807) is 55.8 Å². The molecule has 1 fully saturated rings. The van der Waals surface area contributed by atoms with E-state index in [9.17, 15) is 0 Å². The minimum Gasteiger partial charge on any atom is -0.466 e. The number of imidazole rings is 2. The Labute approximate surface area is 297 Å². The molecule has 0 saturated carbocycles.